The van der Waals surface area contributed by atoms with Gasteiger partial charge in [0.2, 0.25) is 0 Å². The summed E-state index contributed by atoms with van der Waals surface area (Å²) in [5.41, 5.74) is 13.0. The van der Waals surface area contributed by atoms with E-state index in [1.165, 1.54) is 22.4 Å². The zero-order valence-electron chi connectivity index (χ0n) is 11.5. The molecule has 0 aliphatic heterocycles. The molecule has 0 unspecified atom stereocenters. The molecule has 0 aromatic heterocycles. The van der Waals surface area contributed by atoms with Gasteiger partial charge in [-0.3, -0.25) is 0 Å². The van der Waals surface area contributed by atoms with Crippen molar-refractivity contribution in [3.63, 3.8) is 0 Å². The highest BCUT2D eigenvalue weighted by Gasteiger charge is 2.12. The van der Waals surface area contributed by atoms with Gasteiger partial charge in [0.1, 0.15) is 0 Å². The smallest absolute Gasteiger partial charge is 0.0641 e. The van der Waals surface area contributed by atoms with Gasteiger partial charge in [-0.05, 0) is 44.0 Å². The van der Waals surface area contributed by atoms with Gasteiger partial charge in [0.15, 0.2) is 0 Å². The van der Waals surface area contributed by atoms with Crippen LogP contribution in [0.3, 0.4) is 0 Å². The summed E-state index contributed by atoms with van der Waals surface area (Å²) < 4.78 is 0. The summed E-state index contributed by atoms with van der Waals surface area (Å²) in [5.74, 6) is 0. The fourth-order valence-corrected chi connectivity index (χ4v) is 2.61. The Hall–Kier alpha value is -1.96. The van der Waals surface area contributed by atoms with E-state index in [4.69, 9.17) is 5.73 Å². The van der Waals surface area contributed by atoms with Gasteiger partial charge in [-0.25, -0.2) is 0 Å². The maximum Gasteiger partial charge on any atom is 0.0641 e. The van der Waals surface area contributed by atoms with Gasteiger partial charge in [-0.15, -0.1) is 0 Å². The maximum atomic E-state index is 6.05. The standard InChI is InChI=1S/C16H20N2/c1-11-9-12(2)16(13(3)10-11)18(4)15-8-6-5-7-14(15)17/h5-10H,17H2,1-4H3. The van der Waals surface area contributed by atoms with Crippen LogP contribution in [0.5, 0.6) is 0 Å². The Labute approximate surface area is 109 Å². The zero-order valence-corrected chi connectivity index (χ0v) is 11.5. The summed E-state index contributed by atoms with van der Waals surface area (Å²) in [6, 6.07) is 12.4. The van der Waals surface area contributed by atoms with Gasteiger partial charge in [0, 0.05) is 12.7 Å². The van der Waals surface area contributed by atoms with Crippen LogP contribution in [0.4, 0.5) is 17.1 Å². The van der Waals surface area contributed by atoms with E-state index in [0.29, 0.717) is 0 Å². The third-order valence-corrected chi connectivity index (χ3v) is 3.27. The monoisotopic (exact) mass is 240 g/mol. The lowest BCUT2D eigenvalue weighted by molar-refractivity contribution is 1.15. The molecule has 0 spiro atoms. The number of nitrogens with zero attached hydrogens (tertiary/aromatic N) is 1. The Morgan fingerprint density at radius 3 is 2.06 bits per heavy atom. The number of hydrogen-bond donors (Lipinski definition) is 1. The Kier molecular flexibility index (Phi) is 3.28. The fourth-order valence-electron chi connectivity index (χ4n) is 2.61. The Morgan fingerprint density at radius 2 is 1.50 bits per heavy atom. The number of nitrogen functional groups attached to an aromatic ring is 1. The Morgan fingerprint density at radius 1 is 0.944 bits per heavy atom. The maximum absolute atomic E-state index is 6.05. The quantitative estimate of drug-likeness (QED) is 0.805. The predicted octanol–water partition coefficient (Wildman–Crippen LogP) is 3.96. The largest absolute Gasteiger partial charge is 0.397 e. The minimum Gasteiger partial charge on any atom is -0.397 e. The van der Waals surface area contributed by atoms with Crippen LogP contribution in [0, 0.1) is 20.8 Å². The van der Waals surface area contributed by atoms with Crippen LogP contribution in [0.25, 0.3) is 0 Å². The molecule has 2 heteroatoms. The first kappa shape index (κ1) is 12.5. The first-order valence-electron chi connectivity index (χ1n) is 6.17. The molecule has 0 fully saturated rings. The van der Waals surface area contributed by atoms with Crippen molar-refractivity contribution >= 4 is 17.1 Å². The molecule has 0 aliphatic rings. The minimum atomic E-state index is 0.805. The topological polar surface area (TPSA) is 29.3 Å². The van der Waals surface area contributed by atoms with Crippen molar-refractivity contribution in [2.45, 2.75) is 20.8 Å². The van der Waals surface area contributed by atoms with Crippen molar-refractivity contribution in [2.24, 2.45) is 0 Å². The van der Waals surface area contributed by atoms with Gasteiger partial charge in [-0.1, -0.05) is 29.8 Å². The molecule has 0 saturated carbocycles. The Balaban J connectivity index is 2.53. The van der Waals surface area contributed by atoms with E-state index in [1.807, 2.05) is 24.3 Å². The zero-order chi connectivity index (χ0) is 13.3. The van der Waals surface area contributed by atoms with Gasteiger partial charge in [-0.2, -0.15) is 0 Å². The average Bonchev–Trinajstić information content (AvgIpc) is 2.27. The van der Waals surface area contributed by atoms with Crippen molar-refractivity contribution in [1.82, 2.24) is 0 Å². The van der Waals surface area contributed by atoms with Gasteiger partial charge < -0.3 is 10.6 Å². The second-order valence-corrected chi connectivity index (χ2v) is 4.87. The van der Waals surface area contributed by atoms with Gasteiger partial charge in [0.05, 0.1) is 11.4 Å². The number of nitrogens with two attached hydrogens (primary N) is 1. The van der Waals surface area contributed by atoms with Crippen LogP contribution in [0.1, 0.15) is 16.7 Å². The van der Waals surface area contributed by atoms with Crippen LogP contribution in [-0.4, -0.2) is 7.05 Å². The summed E-state index contributed by atoms with van der Waals surface area (Å²) in [6.07, 6.45) is 0. The highest BCUT2D eigenvalue weighted by molar-refractivity contribution is 5.77. The molecular formula is C16H20N2. The molecule has 0 bridgehead atoms. The molecule has 0 heterocycles. The molecule has 2 aromatic rings. The van der Waals surface area contributed by atoms with Crippen molar-refractivity contribution < 1.29 is 0 Å². The van der Waals surface area contributed by atoms with Crippen LogP contribution in [0.15, 0.2) is 36.4 Å². The van der Waals surface area contributed by atoms with E-state index < -0.39 is 0 Å². The van der Waals surface area contributed by atoms with Crippen LogP contribution in [-0.2, 0) is 0 Å². The molecule has 94 valence electrons. The molecule has 2 nitrogen and oxygen atoms in total. The van der Waals surface area contributed by atoms with Crippen LogP contribution < -0.4 is 10.6 Å². The number of hydrogen-bond acceptors (Lipinski definition) is 2. The van der Waals surface area contributed by atoms with E-state index in [2.05, 4.69) is 44.9 Å². The summed E-state index contributed by atoms with van der Waals surface area (Å²) in [6.45, 7) is 6.41. The van der Waals surface area contributed by atoms with E-state index in [1.54, 1.807) is 0 Å². The van der Waals surface area contributed by atoms with Crippen LogP contribution in [0.2, 0.25) is 0 Å². The molecule has 0 atom stereocenters. The summed E-state index contributed by atoms with van der Waals surface area (Å²) in [5, 5.41) is 0. The Bertz CT molecular complexity index is 550. The van der Waals surface area contributed by atoms with E-state index in [9.17, 15) is 0 Å². The van der Waals surface area contributed by atoms with Gasteiger partial charge >= 0.3 is 0 Å². The number of para-hydroxylation sites is 2. The van der Waals surface area contributed by atoms with Crippen molar-refractivity contribution in [3.05, 3.63) is 53.1 Å². The summed E-state index contributed by atoms with van der Waals surface area (Å²) >= 11 is 0. The molecule has 0 aliphatic carbocycles. The third kappa shape index (κ3) is 2.19. The van der Waals surface area contributed by atoms with Crippen molar-refractivity contribution in [3.8, 4) is 0 Å². The molecule has 0 amide bonds. The number of benzene rings is 2. The van der Waals surface area contributed by atoms with Crippen molar-refractivity contribution in [2.75, 3.05) is 17.7 Å². The number of anilines is 3. The molecule has 18 heavy (non-hydrogen) atoms. The minimum absolute atomic E-state index is 0.805. The summed E-state index contributed by atoms with van der Waals surface area (Å²) in [7, 11) is 2.07. The molecular weight excluding hydrogens is 220 g/mol. The lowest BCUT2D eigenvalue weighted by atomic mass is 10.0. The fraction of sp³-hybridized carbons (Fsp3) is 0.250. The lowest BCUT2D eigenvalue weighted by Gasteiger charge is -2.25. The van der Waals surface area contributed by atoms with Gasteiger partial charge in [0.25, 0.3) is 0 Å². The molecule has 2 N–H and O–H groups in total. The lowest BCUT2D eigenvalue weighted by Crippen LogP contribution is -2.14. The number of aryl methyl sites for hydroxylation is 3. The molecule has 0 saturated heterocycles. The first-order valence-corrected chi connectivity index (χ1v) is 6.17. The third-order valence-electron chi connectivity index (χ3n) is 3.27. The van der Waals surface area contributed by atoms with Crippen LogP contribution >= 0.6 is 0 Å². The average molecular weight is 240 g/mol. The molecule has 2 aromatic carbocycles. The second kappa shape index (κ2) is 4.73. The van der Waals surface area contributed by atoms with E-state index in [0.717, 1.165) is 11.4 Å². The van der Waals surface area contributed by atoms with E-state index >= 15 is 0 Å². The summed E-state index contributed by atoms with van der Waals surface area (Å²) in [4.78, 5) is 2.17. The SMILES string of the molecule is Cc1cc(C)c(N(C)c2ccccc2N)c(C)c1. The second-order valence-electron chi connectivity index (χ2n) is 4.87. The number of rotatable bonds is 2. The molecule has 0 radical (unpaired) electrons. The predicted molar refractivity (Wildman–Crippen MR) is 79.6 cm³/mol. The molecule has 2 rings (SSSR count). The normalized spacial score (nSPS) is 10.4. The van der Waals surface area contributed by atoms with Crippen molar-refractivity contribution in [1.29, 1.82) is 0 Å². The highest BCUT2D eigenvalue weighted by Crippen LogP contribution is 2.33. The highest BCUT2D eigenvalue weighted by atomic mass is 15.1. The van der Waals surface area contributed by atoms with E-state index in [-0.39, 0.29) is 0 Å². The first-order chi connectivity index (χ1) is 8.50.